The molecule has 2 aromatic carbocycles. The SMILES string of the molecule is CCNC(=NCc1cccc(NC(=O)Cn2cccn2)c1)NCC(C)Oc1cccc(C)c1. The molecule has 8 heteroatoms. The zero-order chi connectivity index (χ0) is 23.5. The van der Waals surface area contributed by atoms with Crippen LogP contribution in [0, 0.1) is 6.92 Å². The molecule has 0 bridgehead atoms. The van der Waals surface area contributed by atoms with Gasteiger partial charge < -0.3 is 20.7 Å². The number of rotatable bonds is 10. The van der Waals surface area contributed by atoms with E-state index < -0.39 is 0 Å². The first-order chi connectivity index (χ1) is 16.0. The molecule has 1 aromatic heterocycles. The molecule has 33 heavy (non-hydrogen) atoms. The number of nitrogens with one attached hydrogen (secondary N) is 3. The smallest absolute Gasteiger partial charge is 0.246 e. The summed E-state index contributed by atoms with van der Waals surface area (Å²) in [5, 5.41) is 13.5. The Bertz CT molecular complexity index is 1050. The predicted molar refractivity (Wildman–Crippen MR) is 131 cm³/mol. The summed E-state index contributed by atoms with van der Waals surface area (Å²) in [4.78, 5) is 16.9. The Balaban J connectivity index is 1.52. The van der Waals surface area contributed by atoms with Crippen molar-refractivity contribution in [2.75, 3.05) is 18.4 Å². The van der Waals surface area contributed by atoms with Crippen molar-refractivity contribution < 1.29 is 9.53 Å². The molecule has 3 N–H and O–H groups in total. The van der Waals surface area contributed by atoms with Gasteiger partial charge in [-0.3, -0.25) is 9.48 Å². The molecule has 3 aromatic rings. The van der Waals surface area contributed by atoms with E-state index in [1.54, 1.807) is 23.1 Å². The number of hydrogen-bond acceptors (Lipinski definition) is 4. The van der Waals surface area contributed by atoms with E-state index in [9.17, 15) is 4.79 Å². The highest BCUT2D eigenvalue weighted by molar-refractivity contribution is 5.90. The van der Waals surface area contributed by atoms with Crippen molar-refractivity contribution in [1.82, 2.24) is 20.4 Å². The molecule has 1 heterocycles. The third-order valence-electron chi connectivity index (χ3n) is 4.72. The second-order valence-corrected chi connectivity index (χ2v) is 7.77. The van der Waals surface area contributed by atoms with Crippen molar-refractivity contribution in [3.8, 4) is 5.75 Å². The summed E-state index contributed by atoms with van der Waals surface area (Å²) in [5.41, 5.74) is 2.90. The number of benzene rings is 2. The number of amides is 1. The van der Waals surface area contributed by atoms with Crippen LogP contribution in [0.15, 0.2) is 72.0 Å². The number of guanidine groups is 1. The van der Waals surface area contributed by atoms with Crippen molar-refractivity contribution in [3.63, 3.8) is 0 Å². The van der Waals surface area contributed by atoms with Crippen LogP contribution in [0.1, 0.15) is 25.0 Å². The number of aromatic nitrogens is 2. The number of carbonyl (C=O) groups excluding carboxylic acids is 1. The Hall–Kier alpha value is -3.81. The van der Waals surface area contributed by atoms with Crippen LogP contribution in [0.3, 0.4) is 0 Å². The molecular formula is C25H32N6O2. The Morgan fingerprint density at radius 2 is 2.00 bits per heavy atom. The van der Waals surface area contributed by atoms with Gasteiger partial charge in [-0.25, -0.2) is 4.99 Å². The van der Waals surface area contributed by atoms with Crippen LogP contribution in [0.2, 0.25) is 0 Å². The number of aryl methyl sites for hydroxylation is 1. The predicted octanol–water partition coefficient (Wildman–Crippen LogP) is 3.35. The lowest BCUT2D eigenvalue weighted by atomic mass is 10.2. The van der Waals surface area contributed by atoms with Crippen molar-refractivity contribution in [1.29, 1.82) is 0 Å². The molecule has 174 valence electrons. The van der Waals surface area contributed by atoms with Crippen LogP contribution in [-0.4, -0.2) is 40.8 Å². The van der Waals surface area contributed by atoms with Gasteiger partial charge in [-0.1, -0.05) is 24.3 Å². The van der Waals surface area contributed by atoms with Crippen LogP contribution in [0.25, 0.3) is 0 Å². The van der Waals surface area contributed by atoms with Gasteiger partial charge in [0, 0.05) is 24.6 Å². The van der Waals surface area contributed by atoms with E-state index in [0.29, 0.717) is 19.0 Å². The minimum absolute atomic E-state index is 0.0241. The third-order valence-corrected chi connectivity index (χ3v) is 4.72. The maximum Gasteiger partial charge on any atom is 0.246 e. The van der Waals surface area contributed by atoms with Gasteiger partial charge in [-0.2, -0.15) is 5.10 Å². The summed E-state index contributed by atoms with van der Waals surface area (Å²) in [5.74, 6) is 1.44. The number of aliphatic imine (C=N–C) groups is 1. The number of ether oxygens (including phenoxy) is 1. The van der Waals surface area contributed by atoms with E-state index in [1.807, 2.05) is 69.3 Å². The van der Waals surface area contributed by atoms with E-state index in [4.69, 9.17) is 4.74 Å². The van der Waals surface area contributed by atoms with Gasteiger partial charge in [0.25, 0.3) is 0 Å². The summed E-state index contributed by atoms with van der Waals surface area (Å²) >= 11 is 0. The molecule has 1 amide bonds. The Morgan fingerprint density at radius 3 is 2.76 bits per heavy atom. The van der Waals surface area contributed by atoms with Crippen LogP contribution in [-0.2, 0) is 17.9 Å². The van der Waals surface area contributed by atoms with Crippen LogP contribution in [0.4, 0.5) is 5.69 Å². The van der Waals surface area contributed by atoms with Gasteiger partial charge >= 0.3 is 0 Å². The van der Waals surface area contributed by atoms with Gasteiger partial charge in [-0.05, 0) is 62.2 Å². The monoisotopic (exact) mass is 448 g/mol. The van der Waals surface area contributed by atoms with Crippen LogP contribution in [0.5, 0.6) is 5.75 Å². The fraction of sp³-hybridized carbons (Fsp3) is 0.320. The first kappa shape index (κ1) is 23.8. The molecule has 0 saturated carbocycles. The molecule has 0 aliphatic rings. The third kappa shape index (κ3) is 8.33. The highest BCUT2D eigenvalue weighted by Crippen LogP contribution is 2.14. The largest absolute Gasteiger partial charge is 0.489 e. The standard InChI is InChI=1S/C25H32N6O2/c1-4-26-25(27-16-20(3)33-23-11-5-8-19(2)14-23)28-17-21-9-6-10-22(15-21)30-24(32)18-31-13-7-12-29-31/h5-15,20H,4,16-18H2,1-3H3,(H,30,32)(H2,26,27,28). The lowest BCUT2D eigenvalue weighted by Crippen LogP contribution is -2.41. The highest BCUT2D eigenvalue weighted by atomic mass is 16.5. The zero-order valence-electron chi connectivity index (χ0n) is 19.4. The van der Waals surface area contributed by atoms with Crippen molar-refractivity contribution >= 4 is 17.6 Å². The van der Waals surface area contributed by atoms with Gasteiger partial charge in [-0.15, -0.1) is 0 Å². The maximum absolute atomic E-state index is 12.2. The Morgan fingerprint density at radius 1 is 1.15 bits per heavy atom. The van der Waals surface area contributed by atoms with Gasteiger partial charge in [0.05, 0.1) is 13.1 Å². The maximum atomic E-state index is 12.2. The summed E-state index contributed by atoms with van der Waals surface area (Å²) in [7, 11) is 0. The van der Waals surface area contributed by atoms with Crippen molar-refractivity contribution in [2.45, 2.75) is 40.0 Å². The molecule has 1 unspecified atom stereocenters. The van der Waals surface area contributed by atoms with E-state index >= 15 is 0 Å². The normalized spacial score (nSPS) is 12.2. The lowest BCUT2D eigenvalue weighted by molar-refractivity contribution is -0.116. The highest BCUT2D eigenvalue weighted by Gasteiger charge is 2.07. The van der Waals surface area contributed by atoms with Crippen LogP contribution < -0.4 is 20.7 Å². The average molecular weight is 449 g/mol. The summed E-state index contributed by atoms with van der Waals surface area (Å²) in [6.07, 6.45) is 3.38. The van der Waals surface area contributed by atoms with E-state index in [1.165, 1.54) is 5.56 Å². The molecule has 0 saturated heterocycles. The molecule has 0 aliphatic carbocycles. The minimum Gasteiger partial charge on any atom is -0.489 e. The zero-order valence-corrected chi connectivity index (χ0v) is 19.4. The summed E-state index contributed by atoms with van der Waals surface area (Å²) < 4.78 is 7.57. The second kappa shape index (κ2) is 12.3. The fourth-order valence-corrected chi connectivity index (χ4v) is 3.20. The quantitative estimate of drug-likeness (QED) is 0.327. The second-order valence-electron chi connectivity index (χ2n) is 7.77. The molecule has 0 radical (unpaired) electrons. The summed E-state index contributed by atoms with van der Waals surface area (Å²) in [6.45, 7) is 8.11. The molecular weight excluding hydrogens is 416 g/mol. The topological polar surface area (TPSA) is 92.6 Å². The molecule has 1 atom stereocenters. The van der Waals surface area contributed by atoms with Gasteiger partial charge in [0.15, 0.2) is 5.96 Å². The Labute approximate surface area is 195 Å². The van der Waals surface area contributed by atoms with E-state index in [0.717, 1.165) is 23.5 Å². The summed E-state index contributed by atoms with van der Waals surface area (Å²) in [6, 6.07) is 17.5. The van der Waals surface area contributed by atoms with E-state index in [-0.39, 0.29) is 18.6 Å². The number of anilines is 1. The number of nitrogens with zero attached hydrogens (tertiary/aromatic N) is 3. The average Bonchev–Trinajstić information content (AvgIpc) is 3.29. The van der Waals surface area contributed by atoms with E-state index in [2.05, 4.69) is 26.0 Å². The van der Waals surface area contributed by atoms with Crippen molar-refractivity contribution in [2.24, 2.45) is 4.99 Å². The number of hydrogen-bond donors (Lipinski definition) is 3. The number of carbonyl (C=O) groups is 1. The molecule has 0 fully saturated rings. The van der Waals surface area contributed by atoms with Crippen molar-refractivity contribution in [3.05, 3.63) is 78.1 Å². The molecule has 8 nitrogen and oxygen atoms in total. The van der Waals surface area contributed by atoms with Crippen LogP contribution >= 0.6 is 0 Å². The minimum atomic E-state index is -0.128. The van der Waals surface area contributed by atoms with Gasteiger partial charge in [0.2, 0.25) is 5.91 Å². The first-order valence-electron chi connectivity index (χ1n) is 11.1. The lowest BCUT2D eigenvalue weighted by Gasteiger charge is -2.18. The molecule has 0 aliphatic heterocycles. The molecule has 0 spiro atoms. The Kier molecular flexibility index (Phi) is 8.88. The fourth-order valence-electron chi connectivity index (χ4n) is 3.20. The first-order valence-corrected chi connectivity index (χ1v) is 11.1. The van der Waals surface area contributed by atoms with Gasteiger partial charge in [0.1, 0.15) is 18.4 Å². The molecule has 3 rings (SSSR count).